The van der Waals surface area contributed by atoms with Crippen molar-refractivity contribution in [2.45, 2.75) is 149 Å². The zero-order valence-electron chi connectivity index (χ0n) is 25.7. The van der Waals surface area contributed by atoms with Crippen molar-refractivity contribution in [2.24, 2.45) is 11.8 Å². The molecule has 2 aromatic rings. The lowest BCUT2D eigenvalue weighted by Gasteiger charge is -2.28. The van der Waals surface area contributed by atoms with Crippen LogP contribution in [-0.2, 0) is 6.42 Å². The predicted octanol–water partition coefficient (Wildman–Crippen LogP) is 11.1. The number of benzene rings is 1. The highest BCUT2D eigenvalue weighted by Gasteiger charge is 2.21. The average Bonchev–Trinajstić information content (AvgIpc) is 2.96. The van der Waals surface area contributed by atoms with Gasteiger partial charge in [0.1, 0.15) is 11.6 Å². The molecule has 0 radical (unpaired) electrons. The van der Waals surface area contributed by atoms with E-state index in [1.807, 2.05) is 12.4 Å². The lowest BCUT2D eigenvalue weighted by molar-refractivity contribution is 0.177. The molecular weight excluding hydrogens is 476 g/mol. The van der Waals surface area contributed by atoms with Crippen LogP contribution in [0.1, 0.15) is 147 Å². The molecule has 39 heavy (non-hydrogen) atoms. The molecule has 1 aliphatic rings. The molecule has 0 unspecified atom stereocenters. The molecule has 1 heterocycles. The van der Waals surface area contributed by atoms with Crippen molar-refractivity contribution < 1.29 is 4.74 Å². The van der Waals surface area contributed by atoms with Crippen LogP contribution >= 0.6 is 0 Å². The number of nitrogens with zero attached hydrogens (tertiary/aromatic N) is 2. The lowest BCUT2D eigenvalue weighted by Crippen LogP contribution is -2.20. The van der Waals surface area contributed by atoms with Crippen molar-refractivity contribution in [2.75, 3.05) is 6.61 Å². The smallest absolute Gasteiger partial charge is 0.128 e. The van der Waals surface area contributed by atoms with Crippen molar-refractivity contribution in [1.82, 2.24) is 9.97 Å². The molecular formula is C36H58N2O. The van der Waals surface area contributed by atoms with Gasteiger partial charge in [-0.05, 0) is 61.3 Å². The number of ether oxygens (including phenoxy) is 1. The monoisotopic (exact) mass is 534 g/mol. The molecule has 0 saturated heterocycles. The Morgan fingerprint density at radius 3 is 1.87 bits per heavy atom. The van der Waals surface area contributed by atoms with Crippen LogP contribution in [0, 0.1) is 18.8 Å². The Morgan fingerprint density at radius 1 is 0.692 bits per heavy atom. The predicted molar refractivity (Wildman–Crippen MR) is 167 cm³/mol. The largest absolute Gasteiger partial charge is 0.493 e. The minimum absolute atomic E-state index is 0.715. The van der Waals surface area contributed by atoms with Crippen LogP contribution in [0.5, 0.6) is 5.75 Å². The summed E-state index contributed by atoms with van der Waals surface area (Å²) in [5, 5.41) is 0. The van der Waals surface area contributed by atoms with Gasteiger partial charge in [0.05, 0.1) is 6.61 Å². The first-order chi connectivity index (χ1) is 19.2. The molecule has 1 fully saturated rings. The van der Waals surface area contributed by atoms with Gasteiger partial charge in [-0.15, -0.1) is 0 Å². The standard InChI is InChI=1S/C36H58N2O/c1-4-6-8-10-12-14-16-18-31-20-22-32(23-21-31)29-39-34-24-25-35(30(3)26-34)33-27-37-36(38-28-33)19-17-15-13-11-9-7-5-2/h24-28,31-32H,4-23,29H2,1-3H3. The Morgan fingerprint density at radius 2 is 1.26 bits per heavy atom. The van der Waals surface area contributed by atoms with Gasteiger partial charge in [0.15, 0.2) is 0 Å². The van der Waals surface area contributed by atoms with Crippen LogP contribution in [-0.4, -0.2) is 16.6 Å². The molecule has 3 nitrogen and oxygen atoms in total. The third-order valence-corrected chi connectivity index (χ3v) is 8.89. The normalized spacial score (nSPS) is 17.4. The maximum absolute atomic E-state index is 6.27. The minimum atomic E-state index is 0.715. The van der Waals surface area contributed by atoms with Crippen molar-refractivity contribution in [1.29, 1.82) is 0 Å². The first-order valence-electron chi connectivity index (χ1n) is 16.7. The number of rotatable bonds is 20. The molecule has 0 N–H and O–H groups in total. The molecule has 0 atom stereocenters. The molecule has 1 aliphatic carbocycles. The highest BCUT2D eigenvalue weighted by Crippen LogP contribution is 2.33. The second kappa shape index (κ2) is 19.2. The third-order valence-electron chi connectivity index (χ3n) is 8.89. The van der Waals surface area contributed by atoms with E-state index in [0.29, 0.717) is 5.92 Å². The zero-order valence-corrected chi connectivity index (χ0v) is 25.7. The summed E-state index contributed by atoms with van der Waals surface area (Å²) in [6.07, 6.45) is 31.1. The highest BCUT2D eigenvalue weighted by molar-refractivity contribution is 5.66. The van der Waals surface area contributed by atoms with Gasteiger partial charge in [-0.1, -0.05) is 123 Å². The van der Waals surface area contributed by atoms with Crippen molar-refractivity contribution >= 4 is 0 Å². The summed E-state index contributed by atoms with van der Waals surface area (Å²) in [5.41, 5.74) is 3.53. The Balaban J connectivity index is 1.32. The summed E-state index contributed by atoms with van der Waals surface area (Å²) in [6, 6.07) is 6.49. The topological polar surface area (TPSA) is 35.0 Å². The molecule has 0 bridgehead atoms. The van der Waals surface area contributed by atoms with Gasteiger partial charge in [-0.2, -0.15) is 0 Å². The number of hydrogen-bond donors (Lipinski definition) is 0. The zero-order chi connectivity index (χ0) is 27.5. The van der Waals surface area contributed by atoms with Gasteiger partial charge < -0.3 is 4.74 Å². The van der Waals surface area contributed by atoms with E-state index >= 15 is 0 Å². The van der Waals surface area contributed by atoms with E-state index in [4.69, 9.17) is 4.74 Å². The second-order valence-corrected chi connectivity index (χ2v) is 12.3. The van der Waals surface area contributed by atoms with Gasteiger partial charge in [0.25, 0.3) is 0 Å². The lowest BCUT2D eigenvalue weighted by atomic mass is 9.80. The Hall–Kier alpha value is -1.90. The van der Waals surface area contributed by atoms with E-state index in [2.05, 4.69) is 48.9 Å². The number of hydrogen-bond acceptors (Lipinski definition) is 3. The van der Waals surface area contributed by atoms with Gasteiger partial charge in [0, 0.05) is 24.4 Å². The average molecular weight is 535 g/mol. The van der Waals surface area contributed by atoms with Crippen molar-refractivity contribution in [3.63, 3.8) is 0 Å². The SMILES string of the molecule is CCCCCCCCCc1ncc(-c2ccc(OCC3CCC(CCCCCCCCC)CC3)cc2C)cn1. The summed E-state index contributed by atoms with van der Waals surface area (Å²) < 4.78 is 6.27. The van der Waals surface area contributed by atoms with Crippen LogP contribution in [0.15, 0.2) is 30.6 Å². The van der Waals surface area contributed by atoms with Crippen LogP contribution in [0.25, 0.3) is 11.1 Å². The van der Waals surface area contributed by atoms with Crippen molar-refractivity contribution in [3.8, 4) is 16.9 Å². The van der Waals surface area contributed by atoms with E-state index in [1.165, 1.54) is 133 Å². The van der Waals surface area contributed by atoms with Crippen LogP contribution < -0.4 is 4.74 Å². The first-order valence-corrected chi connectivity index (χ1v) is 16.7. The number of aryl methyl sites for hydroxylation is 2. The van der Waals surface area contributed by atoms with E-state index in [9.17, 15) is 0 Å². The second-order valence-electron chi connectivity index (χ2n) is 12.3. The first kappa shape index (κ1) is 31.6. The molecule has 218 valence electrons. The summed E-state index contributed by atoms with van der Waals surface area (Å²) in [6.45, 7) is 7.60. The molecule has 1 aromatic carbocycles. The van der Waals surface area contributed by atoms with E-state index in [0.717, 1.165) is 36.1 Å². The maximum atomic E-state index is 6.27. The number of aromatic nitrogens is 2. The minimum Gasteiger partial charge on any atom is -0.493 e. The fourth-order valence-corrected chi connectivity index (χ4v) is 6.20. The van der Waals surface area contributed by atoms with Crippen molar-refractivity contribution in [3.05, 3.63) is 42.0 Å². The summed E-state index contributed by atoms with van der Waals surface area (Å²) in [5.74, 6) is 3.65. The molecule has 3 rings (SSSR count). The highest BCUT2D eigenvalue weighted by atomic mass is 16.5. The van der Waals surface area contributed by atoms with Gasteiger partial charge in [-0.3, -0.25) is 0 Å². The van der Waals surface area contributed by atoms with E-state index < -0.39 is 0 Å². The number of unbranched alkanes of at least 4 members (excludes halogenated alkanes) is 12. The summed E-state index contributed by atoms with van der Waals surface area (Å²) >= 11 is 0. The molecule has 0 aliphatic heterocycles. The fraction of sp³-hybridized carbons (Fsp3) is 0.722. The molecule has 0 amide bonds. The Bertz CT molecular complexity index is 885. The van der Waals surface area contributed by atoms with E-state index in [-0.39, 0.29) is 0 Å². The van der Waals surface area contributed by atoms with Gasteiger partial charge >= 0.3 is 0 Å². The summed E-state index contributed by atoms with van der Waals surface area (Å²) in [4.78, 5) is 9.33. The van der Waals surface area contributed by atoms with Crippen LogP contribution in [0.3, 0.4) is 0 Å². The Labute approximate surface area is 241 Å². The van der Waals surface area contributed by atoms with E-state index in [1.54, 1.807) is 0 Å². The third kappa shape index (κ3) is 12.4. The van der Waals surface area contributed by atoms with Crippen LogP contribution in [0.2, 0.25) is 0 Å². The van der Waals surface area contributed by atoms with Gasteiger partial charge in [0.2, 0.25) is 0 Å². The molecule has 1 aromatic heterocycles. The van der Waals surface area contributed by atoms with Crippen LogP contribution in [0.4, 0.5) is 0 Å². The molecule has 0 spiro atoms. The molecule has 3 heteroatoms. The van der Waals surface area contributed by atoms with Gasteiger partial charge in [-0.25, -0.2) is 9.97 Å². The fourth-order valence-electron chi connectivity index (χ4n) is 6.20. The summed E-state index contributed by atoms with van der Waals surface area (Å²) in [7, 11) is 0. The molecule has 1 saturated carbocycles. The quantitative estimate of drug-likeness (QED) is 0.158. The maximum Gasteiger partial charge on any atom is 0.128 e. The Kier molecular flexibility index (Phi) is 15.6.